The molecule has 0 aliphatic carbocycles. The van der Waals surface area contributed by atoms with Crippen molar-refractivity contribution >= 4 is 22.9 Å². The Morgan fingerprint density at radius 2 is 2.06 bits per heavy atom. The fourth-order valence-corrected chi connectivity index (χ4v) is 2.53. The van der Waals surface area contributed by atoms with Gasteiger partial charge < -0.3 is 10.4 Å². The second-order valence-corrected chi connectivity index (χ2v) is 5.14. The summed E-state index contributed by atoms with van der Waals surface area (Å²) in [6, 6.07) is 7.49. The van der Waals surface area contributed by atoms with Crippen LogP contribution >= 0.6 is 11.3 Å². The van der Waals surface area contributed by atoms with Crippen molar-refractivity contribution < 1.29 is 9.90 Å². The molecule has 4 nitrogen and oxygen atoms in total. The van der Waals surface area contributed by atoms with Crippen LogP contribution in [-0.4, -0.2) is 16.0 Å². The number of nitrogens with zero attached hydrogens (tertiary/aromatic N) is 1. The normalized spacial score (nSPS) is 10.4. The van der Waals surface area contributed by atoms with Crippen molar-refractivity contribution in [3.8, 4) is 10.6 Å². The van der Waals surface area contributed by atoms with E-state index in [4.69, 9.17) is 5.11 Å². The van der Waals surface area contributed by atoms with Crippen molar-refractivity contribution in [2.45, 2.75) is 20.5 Å². The van der Waals surface area contributed by atoms with Crippen LogP contribution in [0.4, 0.5) is 5.69 Å². The molecular formula is C13H14N2O2S. The first-order valence-corrected chi connectivity index (χ1v) is 6.37. The fourth-order valence-electron chi connectivity index (χ4n) is 1.60. The van der Waals surface area contributed by atoms with Crippen molar-refractivity contribution in [2.24, 2.45) is 0 Å². The molecule has 0 bridgehead atoms. The largest absolute Gasteiger partial charge is 0.390 e. The maximum absolute atomic E-state index is 10.9. The van der Waals surface area contributed by atoms with Crippen LogP contribution in [-0.2, 0) is 11.4 Å². The first-order valence-electron chi connectivity index (χ1n) is 5.55. The predicted octanol–water partition coefficient (Wildman–Crippen LogP) is 2.57. The monoisotopic (exact) mass is 262 g/mol. The molecule has 0 aliphatic rings. The quantitative estimate of drug-likeness (QED) is 0.893. The third kappa shape index (κ3) is 2.75. The molecule has 0 saturated heterocycles. The van der Waals surface area contributed by atoms with Gasteiger partial charge in [0.1, 0.15) is 5.01 Å². The van der Waals surface area contributed by atoms with Crippen LogP contribution in [0.2, 0.25) is 0 Å². The Labute approximate surface area is 109 Å². The van der Waals surface area contributed by atoms with E-state index < -0.39 is 0 Å². The fraction of sp³-hybridized carbons (Fsp3) is 0.231. The topological polar surface area (TPSA) is 62.2 Å². The number of hydrogen-bond donors (Lipinski definition) is 2. The smallest absolute Gasteiger partial charge is 0.221 e. The third-order valence-electron chi connectivity index (χ3n) is 2.49. The van der Waals surface area contributed by atoms with Crippen LogP contribution in [0.25, 0.3) is 10.6 Å². The first kappa shape index (κ1) is 12.7. The lowest BCUT2D eigenvalue weighted by molar-refractivity contribution is -0.114. The number of aryl methyl sites for hydroxylation is 1. The highest BCUT2D eigenvalue weighted by molar-refractivity contribution is 7.15. The molecule has 18 heavy (non-hydrogen) atoms. The zero-order chi connectivity index (χ0) is 13.1. The van der Waals surface area contributed by atoms with E-state index in [1.54, 1.807) is 11.3 Å². The number of hydrogen-bond acceptors (Lipinski definition) is 4. The molecule has 1 aromatic heterocycles. The van der Waals surface area contributed by atoms with E-state index >= 15 is 0 Å². The Kier molecular flexibility index (Phi) is 3.74. The van der Waals surface area contributed by atoms with E-state index in [2.05, 4.69) is 10.3 Å². The Hall–Kier alpha value is -1.72. The zero-order valence-electron chi connectivity index (χ0n) is 10.2. The molecule has 0 radical (unpaired) electrons. The summed E-state index contributed by atoms with van der Waals surface area (Å²) < 4.78 is 0. The van der Waals surface area contributed by atoms with Gasteiger partial charge in [0.25, 0.3) is 0 Å². The highest BCUT2D eigenvalue weighted by atomic mass is 32.1. The summed E-state index contributed by atoms with van der Waals surface area (Å²) in [4.78, 5) is 16.3. The van der Waals surface area contributed by atoms with Gasteiger partial charge in [-0.3, -0.25) is 4.79 Å². The summed E-state index contributed by atoms with van der Waals surface area (Å²) in [5.74, 6) is -0.0876. The lowest BCUT2D eigenvalue weighted by Crippen LogP contribution is -2.05. The summed E-state index contributed by atoms with van der Waals surface area (Å²) >= 11 is 1.55. The molecule has 2 aromatic rings. The number of carbonyl (C=O) groups excluding carboxylic acids is 1. The molecule has 94 valence electrons. The lowest BCUT2D eigenvalue weighted by Gasteiger charge is -2.02. The van der Waals surface area contributed by atoms with Gasteiger partial charge in [-0.1, -0.05) is 0 Å². The minimum Gasteiger partial charge on any atom is -0.390 e. The number of aliphatic hydroxyl groups is 1. The minimum atomic E-state index is -0.0876. The van der Waals surface area contributed by atoms with Crippen molar-refractivity contribution in [1.82, 2.24) is 4.98 Å². The van der Waals surface area contributed by atoms with E-state index in [1.165, 1.54) is 6.92 Å². The highest BCUT2D eigenvalue weighted by Gasteiger charge is 2.08. The molecule has 5 heteroatoms. The van der Waals surface area contributed by atoms with Crippen molar-refractivity contribution in [2.75, 3.05) is 5.32 Å². The van der Waals surface area contributed by atoms with Crippen LogP contribution in [0.3, 0.4) is 0 Å². The summed E-state index contributed by atoms with van der Waals surface area (Å²) in [5.41, 5.74) is 2.47. The van der Waals surface area contributed by atoms with Crippen LogP contribution in [0.15, 0.2) is 24.3 Å². The number of aliphatic hydroxyl groups excluding tert-OH is 1. The number of amides is 1. The minimum absolute atomic E-state index is 0.0354. The van der Waals surface area contributed by atoms with Gasteiger partial charge in [0.05, 0.1) is 12.3 Å². The number of carbonyl (C=O) groups is 1. The number of aromatic nitrogens is 1. The number of anilines is 1. The molecule has 0 unspecified atom stereocenters. The standard InChI is InChI=1S/C13H14N2O2S/c1-8-12(7-16)15-13(18-8)10-3-5-11(6-4-10)14-9(2)17/h3-6,16H,7H2,1-2H3,(H,14,17). The Morgan fingerprint density at radius 1 is 1.39 bits per heavy atom. The Bertz CT molecular complexity index is 561. The predicted molar refractivity (Wildman–Crippen MR) is 72.5 cm³/mol. The SMILES string of the molecule is CC(=O)Nc1ccc(-c2nc(CO)c(C)s2)cc1. The van der Waals surface area contributed by atoms with Gasteiger partial charge in [0, 0.05) is 23.1 Å². The van der Waals surface area contributed by atoms with Gasteiger partial charge in [-0.2, -0.15) is 0 Å². The van der Waals surface area contributed by atoms with Crippen LogP contribution in [0.5, 0.6) is 0 Å². The number of rotatable bonds is 3. The van der Waals surface area contributed by atoms with Crippen molar-refractivity contribution in [3.63, 3.8) is 0 Å². The molecule has 0 fully saturated rings. The molecule has 0 saturated carbocycles. The van der Waals surface area contributed by atoms with Crippen LogP contribution in [0.1, 0.15) is 17.5 Å². The maximum Gasteiger partial charge on any atom is 0.221 e. The average Bonchev–Trinajstić information content (AvgIpc) is 2.71. The molecule has 0 spiro atoms. The molecule has 0 aliphatic heterocycles. The summed E-state index contributed by atoms with van der Waals surface area (Å²) in [7, 11) is 0. The first-order chi connectivity index (χ1) is 8.60. The molecule has 0 atom stereocenters. The second kappa shape index (κ2) is 5.29. The van der Waals surface area contributed by atoms with Gasteiger partial charge in [0.15, 0.2) is 0 Å². The van der Waals surface area contributed by atoms with E-state index in [0.29, 0.717) is 0 Å². The number of nitrogens with one attached hydrogen (secondary N) is 1. The molecular weight excluding hydrogens is 248 g/mol. The van der Waals surface area contributed by atoms with Crippen molar-refractivity contribution in [3.05, 3.63) is 34.8 Å². The molecule has 2 N–H and O–H groups in total. The van der Waals surface area contributed by atoms with Gasteiger partial charge in [-0.25, -0.2) is 4.98 Å². The van der Waals surface area contributed by atoms with E-state index in [9.17, 15) is 4.79 Å². The zero-order valence-corrected chi connectivity index (χ0v) is 11.0. The summed E-state index contributed by atoms with van der Waals surface area (Å²) in [5, 5.41) is 12.7. The average molecular weight is 262 g/mol. The van der Waals surface area contributed by atoms with Gasteiger partial charge >= 0.3 is 0 Å². The molecule has 1 amide bonds. The van der Waals surface area contributed by atoms with Crippen molar-refractivity contribution in [1.29, 1.82) is 0 Å². The second-order valence-electron chi connectivity index (χ2n) is 3.94. The van der Waals surface area contributed by atoms with E-state index in [-0.39, 0.29) is 12.5 Å². The van der Waals surface area contributed by atoms with Gasteiger partial charge in [-0.05, 0) is 31.2 Å². The maximum atomic E-state index is 10.9. The lowest BCUT2D eigenvalue weighted by atomic mass is 10.2. The van der Waals surface area contributed by atoms with Gasteiger partial charge in [-0.15, -0.1) is 11.3 Å². The number of benzene rings is 1. The summed E-state index contributed by atoms with van der Waals surface area (Å²) in [6.45, 7) is 3.39. The molecule has 1 heterocycles. The van der Waals surface area contributed by atoms with Crippen LogP contribution < -0.4 is 5.32 Å². The molecule has 2 rings (SSSR count). The number of thiazole rings is 1. The van der Waals surface area contributed by atoms with E-state index in [1.807, 2.05) is 31.2 Å². The Balaban J connectivity index is 2.25. The summed E-state index contributed by atoms with van der Waals surface area (Å²) in [6.07, 6.45) is 0. The highest BCUT2D eigenvalue weighted by Crippen LogP contribution is 2.28. The van der Waals surface area contributed by atoms with Crippen LogP contribution in [0, 0.1) is 6.92 Å². The van der Waals surface area contributed by atoms with E-state index in [0.717, 1.165) is 26.8 Å². The van der Waals surface area contributed by atoms with Gasteiger partial charge in [0.2, 0.25) is 5.91 Å². The molecule has 1 aromatic carbocycles. The Morgan fingerprint density at radius 3 is 2.56 bits per heavy atom. The third-order valence-corrected chi connectivity index (χ3v) is 3.56.